The van der Waals surface area contributed by atoms with Crippen molar-refractivity contribution in [3.05, 3.63) is 70.5 Å². The first-order chi connectivity index (χ1) is 11.5. The quantitative estimate of drug-likeness (QED) is 0.577. The van der Waals surface area contributed by atoms with Gasteiger partial charge in [0.25, 0.3) is 0 Å². The third-order valence-corrected chi connectivity index (χ3v) is 3.79. The van der Waals surface area contributed by atoms with Gasteiger partial charge >= 0.3 is 5.69 Å². The summed E-state index contributed by atoms with van der Waals surface area (Å²) in [5.74, 6) is -0.256. The fourth-order valence-electron chi connectivity index (χ4n) is 2.53. The Balaban J connectivity index is 1.67. The van der Waals surface area contributed by atoms with Crippen molar-refractivity contribution in [2.45, 2.75) is 19.5 Å². The SMILES string of the molecule is CC(NC(=O)Cn1cc([N+](=O)[O-])cn1)c1ccc2ccccc2c1. The Kier molecular flexibility index (Phi) is 4.24. The highest BCUT2D eigenvalue weighted by atomic mass is 16.6. The van der Waals surface area contributed by atoms with E-state index in [4.69, 9.17) is 0 Å². The molecule has 0 saturated carbocycles. The highest BCUT2D eigenvalue weighted by Crippen LogP contribution is 2.20. The molecule has 3 aromatic rings. The second kappa shape index (κ2) is 6.49. The van der Waals surface area contributed by atoms with E-state index in [2.05, 4.69) is 10.4 Å². The lowest BCUT2D eigenvalue weighted by Crippen LogP contribution is -2.30. The van der Waals surface area contributed by atoms with Crippen molar-refractivity contribution in [3.8, 4) is 0 Å². The van der Waals surface area contributed by atoms with E-state index in [1.807, 2.05) is 49.4 Å². The minimum atomic E-state index is -0.543. The van der Waals surface area contributed by atoms with Gasteiger partial charge in [0.05, 0.1) is 11.0 Å². The van der Waals surface area contributed by atoms with Gasteiger partial charge in [-0.25, -0.2) is 0 Å². The first-order valence-electron chi connectivity index (χ1n) is 7.48. The summed E-state index contributed by atoms with van der Waals surface area (Å²) in [7, 11) is 0. The average Bonchev–Trinajstić information content (AvgIpc) is 3.03. The zero-order valence-electron chi connectivity index (χ0n) is 13.0. The van der Waals surface area contributed by atoms with Crippen LogP contribution in [0.3, 0.4) is 0 Å². The van der Waals surface area contributed by atoms with E-state index in [-0.39, 0.29) is 24.2 Å². The molecule has 7 nitrogen and oxygen atoms in total. The number of carbonyl (C=O) groups is 1. The van der Waals surface area contributed by atoms with Gasteiger partial charge in [-0.3, -0.25) is 19.6 Å². The van der Waals surface area contributed by atoms with E-state index >= 15 is 0 Å². The van der Waals surface area contributed by atoms with Crippen LogP contribution in [0.2, 0.25) is 0 Å². The van der Waals surface area contributed by atoms with Crippen molar-refractivity contribution in [2.75, 3.05) is 0 Å². The number of nitrogens with one attached hydrogen (secondary N) is 1. The second-order valence-corrected chi connectivity index (χ2v) is 5.55. The molecule has 0 radical (unpaired) electrons. The summed E-state index contributed by atoms with van der Waals surface area (Å²) in [5.41, 5.74) is 0.860. The van der Waals surface area contributed by atoms with E-state index in [1.54, 1.807) is 0 Å². The van der Waals surface area contributed by atoms with Crippen molar-refractivity contribution in [3.63, 3.8) is 0 Å². The molecule has 3 rings (SSSR count). The number of hydrogen-bond donors (Lipinski definition) is 1. The summed E-state index contributed by atoms with van der Waals surface area (Å²) in [6, 6.07) is 13.9. The van der Waals surface area contributed by atoms with Gasteiger partial charge in [0.1, 0.15) is 18.9 Å². The molecule has 122 valence electrons. The molecule has 0 spiro atoms. The summed E-state index contributed by atoms with van der Waals surface area (Å²) in [4.78, 5) is 22.2. The third-order valence-electron chi connectivity index (χ3n) is 3.79. The van der Waals surface area contributed by atoms with Gasteiger partial charge in [-0.05, 0) is 29.3 Å². The molecule has 0 saturated heterocycles. The fourth-order valence-corrected chi connectivity index (χ4v) is 2.53. The number of nitrogens with zero attached hydrogens (tertiary/aromatic N) is 3. The largest absolute Gasteiger partial charge is 0.348 e. The van der Waals surface area contributed by atoms with Crippen molar-refractivity contribution in [1.29, 1.82) is 0 Å². The Morgan fingerprint density at radius 1 is 1.29 bits per heavy atom. The lowest BCUT2D eigenvalue weighted by atomic mass is 10.0. The normalized spacial score (nSPS) is 12.0. The predicted octanol–water partition coefficient (Wildman–Crippen LogP) is 2.82. The molecule has 1 heterocycles. The minimum absolute atomic E-state index is 0.0637. The molecule has 0 bridgehead atoms. The van der Waals surface area contributed by atoms with Crippen LogP contribution in [0.15, 0.2) is 54.9 Å². The van der Waals surface area contributed by atoms with Crippen molar-refractivity contribution in [2.24, 2.45) is 0 Å². The van der Waals surface area contributed by atoms with Crippen molar-refractivity contribution >= 4 is 22.4 Å². The first-order valence-corrected chi connectivity index (χ1v) is 7.48. The minimum Gasteiger partial charge on any atom is -0.348 e. The van der Waals surface area contributed by atoms with E-state index in [0.717, 1.165) is 22.5 Å². The van der Waals surface area contributed by atoms with Crippen LogP contribution < -0.4 is 5.32 Å². The van der Waals surface area contributed by atoms with Gasteiger partial charge in [0.15, 0.2) is 0 Å². The first kappa shape index (κ1) is 15.7. The number of amides is 1. The fraction of sp³-hybridized carbons (Fsp3) is 0.176. The summed E-state index contributed by atoms with van der Waals surface area (Å²) >= 11 is 0. The smallest absolute Gasteiger partial charge is 0.307 e. The van der Waals surface area contributed by atoms with Crippen molar-refractivity contribution in [1.82, 2.24) is 15.1 Å². The maximum absolute atomic E-state index is 12.1. The maximum atomic E-state index is 12.1. The molecular formula is C17H16N4O3. The number of benzene rings is 2. The van der Waals surface area contributed by atoms with Crippen LogP contribution in [0.4, 0.5) is 5.69 Å². The summed E-state index contributed by atoms with van der Waals surface area (Å²) in [5, 5.41) is 19.6. The van der Waals surface area contributed by atoms with Crippen LogP contribution in [0.5, 0.6) is 0 Å². The Labute approximate surface area is 138 Å². The number of hydrogen-bond acceptors (Lipinski definition) is 4. The number of nitro groups is 1. The lowest BCUT2D eigenvalue weighted by Gasteiger charge is -2.15. The summed E-state index contributed by atoms with van der Waals surface area (Å²) < 4.78 is 1.25. The van der Waals surface area contributed by atoms with Gasteiger partial charge < -0.3 is 5.32 Å². The Morgan fingerprint density at radius 2 is 2.04 bits per heavy atom. The third kappa shape index (κ3) is 3.40. The number of aromatic nitrogens is 2. The van der Waals surface area contributed by atoms with Crippen LogP contribution in [0.25, 0.3) is 10.8 Å². The van der Waals surface area contributed by atoms with E-state index in [0.29, 0.717) is 0 Å². The molecule has 24 heavy (non-hydrogen) atoms. The Hall–Kier alpha value is -3.22. The van der Waals surface area contributed by atoms with E-state index < -0.39 is 4.92 Å². The van der Waals surface area contributed by atoms with Gasteiger partial charge in [0.2, 0.25) is 5.91 Å². The monoisotopic (exact) mass is 324 g/mol. The van der Waals surface area contributed by atoms with Crippen molar-refractivity contribution < 1.29 is 9.72 Å². The van der Waals surface area contributed by atoms with Gasteiger partial charge in [0, 0.05) is 0 Å². The molecule has 0 aliphatic heterocycles. The van der Waals surface area contributed by atoms with E-state index in [9.17, 15) is 14.9 Å². The molecule has 0 fully saturated rings. The van der Waals surface area contributed by atoms with Gasteiger partial charge in [-0.15, -0.1) is 0 Å². The number of rotatable bonds is 5. The molecule has 1 amide bonds. The zero-order chi connectivity index (χ0) is 17.1. The number of carbonyl (C=O) groups excluding carboxylic acids is 1. The molecule has 2 aromatic carbocycles. The Bertz CT molecular complexity index is 903. The topological polar surface area (TPSA) is 90.1 Å². The Morgan fingerprint density at radius 3 is 2.75 bits per heavy atom. The second-order valence-electron chi connectivity index (χ2n) is 5.55. The number of fused-ring (bicyclic) bond motifs is 1. The molecule has 7 heteroatoms. The average molecular weight is 324 g/mol. The van der Waals surface area contributed by atoms with Gasteiger partial charge in [-0.2, -0.15) is 5.10 Å². The van der Waals surface area contributed by atoms with Crippen LogP contribution in [-0.2, 0) is 11.3 Å². The molecule has 0 aliphatic rings. The maximum Gasteiger partial charge on any atom is 0.307 e. The lowest BCUT2D eigenvalue weighted by molar-refractivity contribution is -0.385. The summed E-state index contributed by atoms with van der Waals surface area (Å²) in [6.07, 6.45) is 2.36. The van der Waals surface area contributed by atoms with Gasteiger partial charge in [-0.1, -0.05) is 36.4 Å². The van der Waals surface area contributed by atoms with E-state index in [1.165, 1.54) is 10.9 Å². The zero-order valence-corrected chi connectivity index (χ0v) is 13.0. The molecule has 1 atom stereocenters. The molecule has 1 aromatic heterocycles. The molecule has 0 aliphatic carbocycles. The molecular weight excluding hydrogens is 308 g/mol. The molecule has 1 unspecified atom stereocenters. The highest BCUT2D eigenvalue weighted by molar-refractivity contribution is 5.83. The predicted molar refractivity (Wildman–Crippen MR) is 89.4 cm³/mol. The van der Waals surface area contributed by atoms with Crippen LogP contribution >= 0.6 is 0 Å². The van der Waals surface area contributed by atoms with Crippen LogP contribution in [0, 0.1) is 10.1 Å². The summed E-state index contributed by atoms with van der Waals surface area (Å²) in [6.45, 7) is 1.83. The molecule has 1 N–H and O–H groups in total. The highest BCUT2D eigenvalue weighted by Gasteiger charge is 2.13. The standard InChI is InChI=1S/C17H16N4O3/c1-12(14-7-6-13-4-2-3-5-15(13)8-14)19-17(22)11-20-10-16(9-18-20)21(23)24/h2-10,12H,11H2,1H3,(H,19,22). The van der Waals surface area contributed by atoms with Crippen LogP contribution in [0.1, 0.15) is 18.5 Å². The van der Waals surface area contributed by atoms with Crippen LogP contribution in [-0.4, -0.2) is 20.6 Å².